The molecular weight excluding hydrogens is 290 g/mol. The molecule has 0 aliphatic heterocycles. The SMILES string of the molecule is Cc1cccc(NC(=O)Cn2ccc3ccn(C)c3c2=O)c1C. The summed E-state index contributed by atoms with van der Waals surface area (Å²) in [4.78, 5) is 24.8. The topological polar surface area (TPSA) is 56.0 Å². The largest absolute Gasteiger partial charge is 0.346 e. The third-order valence-corrected chi connectivity index (χ3v) is 4.19. The van der Waals surface area contributed by atoms with Crippen LogP contribution in [0.4, 0.5) is 5.69 Å². The Bertz CT molecular complexity index is 951. The van der Waals surface area contributed by atoms with Crippen molar-refractivity contribution in [1.29, 1.82) is 0 Å². The number of carbonyl (C=O) groups is 1. The summed E-state index contributed by atoms with van der Waals surface area (Å²) in [5.41, 5.74) is 3.37. The van der Waals surface area contributed by atoms with Gasteiger partial charge in [-0.1, -0.05) is 12.1 Å². The molecule has 0 aliphatic carbocycles. The molecule has 0 spiro atoms. The molecule has 0 unspecified atom stereocenters. The Kier molecular flexibility index (Phi) is 3.78. The average Bonchev–Trinajstić information content (AvgIpc) is 2.89. The number of aryl methyl sites for hydroxylation is 2. The van der Waals surface area contributed by atoms with Crippen LogP contribution in [-0.4, -0.2) is 15.0 Å². The molecule has 0 atom stereocenters. The van der Waals surface area contributed by atoms with Crippen molar-refractivity contribution >= 4 is 22.5 Å². The van der Waals surface area contributed by atoms with E-state index in [0.29, 0.717) is 5.52 Å². The number of amides is 1. The molecular formula is C18H19N3O2. The number of hydrogen-bond donors (Lipinski definition) is 1. The van der Waals surface area contributed by atoms with Crippen LogP contribution in [-0.2, 0) is 18.4 Å². The van der Waals surface area contributed by atoms with Gasteiger partial charge >= 0.3 is 0 Å². The molecule has 5 heteroatoms. The van der Waals surface area contributed by atoms with Crippen LogP contribution in [0.5, 0.6) is 0 Å². The van der Waals surface area contributed by atoms with Gasteiger partial charge in [-0.2, -0.15) is 0 Å². The van der Waals surface area contributed by atoms with E-state index in [2.05, 4.69) is 5.32 Å². The number of rotatable bonds is 3. The monoisotopic (exact) mass is 309 g/mol. The molecule has 0 saturated carbocycles. The fourth-order valence-corrected chi connectivity index (χ4v) is 2.69. The van der Waals surface area contributed by atoms with E-state index < -0.39 is 0 Å². The van der Waals surface area contributed by atoms with Crippen molar-refractivity contribution in [2.45, 2.75) is 20.4 Å². The molecule has 0 radical (unpaired) electrons. The molecule has 0 saturated heterocycles. The number of nitrogens with one attached hydrogen (secondary N) is 1. The highest BCUT2D eigenvalue weighted by molar-refractivity contribution is 5.91. The third kappa shape index (κ3) is 2.77. The maximum Gasteiger partial charge on any atom is 0.275 e. The second-order valence-corrected chi connectivity index (χ2v) is 5.78. The molecule has 1 aromatic carbocycles. The molecule has 0 aliphatic rings. The van der Waals surface area contributed by atoms with E-state index in [1.54, 1.807) is 10.8 Å². The number of anilines is 1. The van der Waals surface area contributed by atoms with Crippen LogP contribution >= 0.6 is 0 Å². The van der Waals surface area contributed by atoms with E-state index >= 15 is 0 Å². The van der Waals surface area contributed by atoms with Gasteiger partial charge in [-0.3, -0.25) is 9.59 Å². The van der Waals surface area contributed by atoms with Gasteiger partial charge in [0.2, 0.25) is 5.91 Å². The fourth-order valence-electron chi connectivity index (χ4n) is 2.69. The van der Waals surface area contributed by atoms with Gasteiger partial charge in [0.15, 0.2) is 0 Å². The lowest BCUT2D eigenvalue weighted by Gasteiger charge is -2.11. The summed E-state index contributed by atoms with van der Waals surface area (Å²) in [6.45, 7) is 3.96. The smallest absolute Gasteiger partial charge is 0.275 e. The Labute approximate surface area is 134 Å². The van der Waals surface area contributed by atoms with Crippen LogP contribution in [0.2, 0.25) is 0 Å². The van der Waals surface area contributed by atoms with Gasteiger partial charge in [-0.25, -0.2) is 0 Å². The van der Waals surface area contributed by atoms with Gasteiger partial charge in [0.25, 0.3) is 5.56 Å². The van der Waals surface area contributed by atoms with Crippen molar-refractivity contribution in [2.24, 2.45) is 7.05 Å². The molecule has 0 fully saturated rings. The number of fused-ring (bicyclic) bond motifs is 1. The first-order valence-corrected chi connectivity index (χ1v) is 7.48. The Balaban J connectivity index is 1.86. The summed E-state index contributed by atoms with van der Waals surface area (Å²) in [5, 5.41) is 3.76. The van der Waals surface area contributed by atoms with Crippen molar-refractivity contribution in [1.82, 2.24) is 9.13 Å². The maximum atomic E-state index is 12.5. The molecule has 3 aromatic rings. The fraction of sp³-hybridized carbons (Fsp3) is 0.222. The Morgan fingerprint density at radius 3 is 2.65 bits per heavy atom. The normalized spacial score (nSPS) is 10.9. The van der Waals surface area contributed by atoms with Gasteiger partial charge in [0.1, 0.15) is 12.1 Å². The number of carbonyl (C=O) groups excluding carboxylic acids is 1. The molecule has 23 heavy (non-hydrogen) atoms. The lowest BCUT2D eigenvalue weighted by atomic mass is 10.1. The number of nitrogens with zero attached hydrogens (tertiary/aromatic N) is 2. The summed E-state index contributed by atoms with van der Waals surface area (Å²) < 4.78 is 3.21. The minimum atomic E-state index is -0.214. The summed E-state index contributed by atoms with van der Waals surface area (Å²) in [5.74, 6) is -0.214. The Morgan fingerprint density at radius 1 is 1.13 bits per heavy atom. The maximum absolute atomic E-state index is 12.5. The molecule has 3 rings (SSSR count). The van der Waals surface area contributed by atoms with Gasteiger partial charge in [0, 0.05) is 30.5 Å². The summed E-state index contributed by atoms with van der Waals surface area (Å²) in [6.07, 6.45) is 3.50. The lowest BCUT2D eigenvalue weighted by molar-refractivity contribution is -0.116. The third-order valence-electron chi connectivity index (χ3n) is 4.19. The van der Waals surface area contributed by atoms with E-state index in [9.17, 15) is 9.59 Å². The summed E-state index contributed by atoms with van der Waals surface area (Å²) >= 11 is 0. The highest BCUT2D eigenvalue weighted by atomic mass is 16.2. The molecule has 2 aromatic heterocycles. The van der Waals surface area contributed by atoms with Gasteiger partial charge in [-0.15, -0.1) is 0 Å². The summed E-state index contributed by atoms with van der Waals surface area (Å²) in [7, 11) is 1.82. The van der Waals surface area contributed by atoms with Crippen molar-refractivity contribution in [3.8, 4) is 0 Å². The van der Waals surface area contributed by atoms with Crippen LogP contribution in [0.25, 0.3) is 10.9 Å². The van der Waals surface area contributed by atoms with Gasteiger partial charge in [0.05, 0.1) is 0 Å². The average molecular weight is 309 g/mol. The van der Waals surface area contributed by atoms with E-state index in [4.69, 9.17) is 0 Å². The van der Waals surface area contributed by atoms with Crippen molar-refractivity contribution in [3.05, 3.63) is 64.2 Å². The Morgan fingerprint density at radius 2 is 1.87 bits per heavy atom. The molecule has 1 N–H and O–H groups in total. The van der Waals surface area contributed by atoms with Crippen LogP contribution < -0.4 is 10.9 Å². The molecule has 0 bridgehead atoms. The number of pyridine rings is 1. The standard InChI is InChI=1S/C18H19N3O2/c1-12-5-4-6-15(13(12)2)19-16(22)11-21-10-8-14-7-9-20(3)17(14)18(21)23/h4-10H,11H2,1-3H3,(H,19,22). The van der Waals surface area contributed by atoms with E-state index in [1.165, 1.54) is 4.57 Å². The van der Waals surface area contributed by atoms with Crippen LogP contribution in [0, 0.1) is 13.8 Å². The highest BCUT2D eigenvalue weighted by Crippen LogP contribution is 2.18. The molecule has 2 heterocycles. The van der Waals surface area contributed by atoms with Crippen LogP contribution in [0.15, 0.2) is 47.5 Å². The first-order chi connectivity index (χ1) is 11.0. The second kappa shape index (κ2) is 5.76. The second-order valence-electron chi connectivity index (χ2n) is 5.78. The van der Waals surface area contributed by atoms with Crippen molar-refractivity contribution in [3.63, 3.8) is 0 Å². The predicted molar refractivity (Wildman–Crippen MR) is 91.7 cm³/mol. The van der Waals surface area contributed by atoms with Gasteiger partial charge < -0.3 is 14.5 Å². The number of hydrogen-bond acceptors (Lipinski definition) is 2. The number of benzene rings is 1. The van der Waals surface area contributed by atoms with E-state index in [-0.39, 0.29) is 18.0 Å². The van der Waals surface area contributed by atoms with Crippen molar-refractivity contribution in [2.75, 3.05) is 5.32 Å². The highest BCUT2D eigenvalue weighted by Gasteiger charge is 2.10. The summed E-state index contributed by atoms with van der Waals surface area (Å²) in [6, 6.07) is 9.50. The minimum absolute atomic E-state index is 0.00661. The Hall–Kier alpha value is -2.82. The van der Waals surface area contributed by atoms with E-state index in [0.717, 1.165) is 22.2 Å². The number of aromatic nitrogens is 2. The first kappa shape index (κ1) is 15.1. The van der Waals surface area contributed by atoms with E-state index in [1.807, 2.05) is 57.4 Å². The van der Waals surface area contributed by atoms with Crippen LogP contribution in [0.3, 0.4) is 0 Å². The zero-order valence-electron chi connectivity index (χ0n) is 13.5. The van der Waals surface area contributed by atoms with Crippen LogP contribution in [0.1, 0.15) is 11.1 Å². The quantitative estimate of drug-likeness (QED) is 0.808. The first-order valence-electron chi connectivity index (χ1n) is 7.48. The molecule has 118 valence electrons. The minimum Gasteiger partial charge on any atom is -0.346 e. The van der Waals surface area contributed by atoms with Gasteiger partial charge in [-0.05, 0) is 43.2 Å². The zero-order chi connectivity index (χ0) is 16.6. The molecule has 1 amide bonds. The lowest BCUT2D eigenvalue weighted by Crippen LogP contribution is -2.28. The molecule has 5 nitrogen and oxygen atoms in total. The van der Waals surface area contributed by atoms with Crippen molar-refractivity contribution < 1.29 is 4.79 Å². The zero-order valence-corrected chi connectivity index (χ0v) is 13.5. The predicted octanol–water partition coefficient (Wildman–Crippen LogP) is 2.60.